The smallest absolute Gasteiger partial charge is 0.303 e. The van der Waals surface area contributed by atoms with Crippen molar-refractivity contribution in [1.82, 2.24) is 9.62 Å². The number of nitrogens with one attached hydrogen (secondary N) is 1. The summed E-state index contributed by atoms with van der Waals surface area (Å²) in [4.78, 5) is 11.2. The van der Waals surface area contributed by atoms with Gasteiger partial charge in [0.1, 0.15) is 0 Å². The highest BCUT2D eigenvalue weighted by molar-refractivity contribution is 7.89. The van der Waals surface area contributed by atoms with E-state index in [0.717, 1.165) is 41.5 Å². The number of rotatable bonds is 13. The third-order valence-electron chi connectivity index (χ3n) is 8.04. The van der Waals surface area contributed by atoms with E-state index in [1.807, 2.05) is 31.2 Å². The van der Waals surface area contributed by atoms with Gasteiger partial charge in [-0.25, -0.2) is 8.42 Å². The van der Waals surface area contributed by atoms with Crippen molar-refractivity contribution in [2.45, 2.75) is 69.4 Å². The molecule has 1 aliphatic carbocycles. The molecule has 0 spiro atoms. The van der Waals surface area contributed by atoms with Gasteiger partial charge in [-0.3, -0.25) is 4.79 Å². The molecule has 8 heteroatoms. The van der Waals surface area contributed by atoms with Crippen LogP contribution < -0.4 is 5.32 Å². The van der Waals surface area contributed by atoms with Crippen LogP contribution >= 0.6 is 0 Å². The Kier molecular flexibility index (Phi) is 9.70. The summed E-state index contributed by atoms with van der Waals surface area (Å²) in [5, 5.41) is 23.3. The first-order valence-corrected chi connectivity index (χ1v) is 15.7. The van der Waals surface area contributed by atoms with Gasteiger partial charge in [-0.2, -0.15) is 4.31 Å². The van der Waals surface area contributed by atoms with Crippen molar-refractivity contribution < 1.29 is 23.4 Å². The molecule has 0 aromatic heterocycles. The summed E-state index contributed by atoms with van der Waals surface area (Å²) in [6, 6.07) is 21.2. The van der Waals surface area contributed by atoms with Gasteiger partial charge in [-0.15, -0.1) is 0 Å². The van der Waals surface area contributed by atoms with Crippen molar-refractivity contribution in [2.24, 2.45) is 5.92 Å². The molecule has 1 aliphatic rings. The largest absolute Gasteiger partial charge is 0.481 e. The van der Waals surface area contributed by atoms with E-state index in [4.69, 9.17) is 5.11 Å². The first-order valence-electron chi connectivity index (χ1n) is 14.2. The monoisotopic (exact) mass is 578 g/mol. The van der Waals surface area contributed by atoms with E-state index in [1.165, 1.54) is 22.5 Å². The SMILES string of the molecule is Cc1cc(S(=O)(=O)N(C)CC(O)CNC(C)(C)CC2Cc3ccccc3C2)ccc1-c1ccccc1CCC(=O)O. The predicted molar refractivity (Wildman–Crippen MR) is 162 cm³/mol. The number of aryl methyl sites for hydroxylation is 2. The molecule has 1 atom stereocenters. The molecule has 1 unspecified atom stereocenters. The summed E-state index contributed by atoms with van der Waals surface area (Å²) in [5.74, 6) is -0.313. The topological polar surface area (TPSA) is 107 Å². The molecule has 41 heavy (non-hydrogen) atoms. The summed E-state index contributed by atoms with van der Waals surface area (Å²) in [5.41, 5.74) is 6.09. The molecule has 0 aliphatic heterocycles. The van der Waals surface area contributed by atoms with Gasteiger partial charge in [0.25, 0.3) is 0 Å². The number of aliphatic carboxylic acids is 1. The lowest BCUT2D eigenvalue weighted by Gasteiger charge is -2.31. The lowest BCUT2D eigenvalue weighted by atomic mass is 9.88. The Hall–Kier alpha value is -3.04. The van der Waals surface area contributed by atoms with E-state index in [-0.39, 0.29) is 29.9 Å². The fourth-order valence-corrected chi connectivity index (χ4v) is 7.26. The van der Waals surface area contributed by atoms with Crippen LogP contribution in [0.25, 0.3) is 11.1 Å². The normalized spacial score (nSPS) is 14.8. The van der Waals surface area contributed by atoms with E-state index >= 15 is 0 Å². The van der Waals surface area contributed by atoms with Crippen LogP contribution in [-0.2, 0) is 34.1 Å². The van der Waals surface area contributed by atoms with Crippen molar-refractivity contribution >= 4 is 16.0 Å². The lowest BCUT2D eigenvalue weighted by molar-refractivity contribution is -0.136. The second kappa shape index (κ2) is 12.9. The van der Waals surface area contributed by atoms with E-state index in [9.17, 15) is 18.3 Å². The number of benzene rings is 3. The Morgan fingerprint density at radius 1 is 1.02 bits per heavy atom. The zero-order chi connectivity index (χ0) is 29.8. The molecule has 3 aromatic carbocycles. The number of aliphatic hydroxyl groups excluding tert-OH is 1. The molecule has 0 bridgehead atoms. The highest BCUT2D eigenvalue weighted by Crippen LogP contribution is 2.32. The van der Waals surface area contributed by atoms with Gasteiger partial charge < -0.3 is 15.5 Å². The second-order valence-corrected chi connectivity index (χ2v) is 14.0. The molecule has 7 nitrogen and oxygen atoms in total. The molecule has 0 amide bonds. The Labute approximate surface area is 244 Å². The minimum Gasteiger partial charge on any atom is -0.481 e. The molecule has 0 radical (unpaired) electrons. The number of aliphatic hydroxyl groups is 1. The van der Waals surface area contributed by atoms with Crippen LogP contribution in [-0.4, -0.2) is 60.7 Å². The van der Waals surface area contributed by atoms with Crippen molar-refractivity contribution in [3.63, 3.8) is 0 Å². The Morgan fingerprint density at radius 2 is 1.66 bits per heavy atom. The average Bonchev–Trinajstić information content (AvgIpc) is 3.32. The zero-order valence-electron chi connectivity index (χ0n) is 24.4. The number of likely N-dealkylation sites (N-methyl/N-ethyl adjacent to an activating group) is 1. The number of carboxylic acids is 1. The van der Waals surface area contributed by atoms with Gasteiger partial charge in [0, 0.05) is 32.1 Å². The number of hydrogen-bond acceptors (Lipinski definition) is 5. The van der Waals surface area contributed by atoms with Gasteiger partial charge in [0.2, 0.25) is 10.0 Å². The van der Waals surface area contributed by atoms with Crippen LogP contribution in [0.1, 0.15) is 48.9 Å². The van der Waals surface area contributed by atoms with Gasteiger partial charge >= 0.3 is 5.97 Å². The first-order chi connectivity index (χ1) is 19.4. The molecular formula is C33H42N2O5S. The molecule has 3 N–H and O–H groups in total. The van der Waals surface area contributed by atoms with Crippen molar-refractivity contribution in [3.05, 3.63) is 89.0 Å². The summed E-state index contributed by atoms with van der Waals surface area (Å²) in [7, 11) is -2.33. The summed E-state index contributed by atoms with van der Waals surface area (Å²) in [6.07, 6.45) is 2.65. The average molecular weight is 579 g/mol. The maximum atomic E-state index is 13.4. The summed E-state index contributed by atoms with van der Waals surface area (Å²) in [6.45, 7) is 6.38. The molecule has 0 saturated heterocycles. The third-order valence-corrected chi connectivity index (χ3v) is 9.86. The molecule has 220 valence electrons. The minimum absolute atomic E-state index is 0.0243. The zero-order valence-corrected chi connectivity index (χ0v) is 25.2. The Balaban J connectivity index is 1.35. The molecule has 0 saturated carbocycles. The highest BCUT2D eigenvalue weighted by Gasteiger charge is 2.29. The van der Waals surface area contributed by atoms with E-state index < -0.39 is 22.1 Å². The lowest BCUT2D eigenvalue weighted by Crippen LogP contribution is -2.47. The third kappa shape index (κ3) is 7.83. The maximum Gasteiger partial charge on any atom is 0.303 e. The number of fused-ring (bicyclic) bond motifs is 1. The van der Waals surface area contributed by atoms with Crippen LogP contribution in [0.3, 0.4) is 0 Å². The van der Waals surface area contributed by atoms with E-state index in [1.54, 1.807) is 18.2 Å². The van der Waals surface area contributed by atoms with Crippen LogP contribution in [0.2, 0.25) is 0 Å². The summed E-state index contributed by atoms with van der Waals surface area (Å²) >= 11 is 0. The van der Waals surface area contributed by atoms with Gasteiger partial charge in [0.05, 0.1) is 11.0 Å². The fourth-order valence-electron chi connectivity index (χ4n) is 5.96. The van der Waals surface area contributed by atoms with Crippen LogP contribution in [0, 0.1) is 12.8 Å². The highest BCUT2D eigenvalue weighted by atomic mass is 32.2. The fraction of sp³-hybridized carbons (Fsp3) is 0.424. The van der Waals surface area contributed by atoms with Crippen molar-refractivity contribution in [3.8, 4) is 11.1 Å². The van der Waals surface area contributed by atoms with Gasteiger partial charge in [0.15, 0.2) is 0 Å². The van der Waals surface area contributed by atoms with Crippen LogP contribution in [0.15, 0.2) is 71.6 Å². The van der Waals surface area contributed by atoms with E-state index in [2.05, 4.69) is 43.4 Å². The van der Waals surface area contributed by atoms with Crippen LogP contribution in [0.5, 0.6) is 0 Å². The Bertz CT molecular complexity index is 1460. The molecular weight excluding hydrogens is 536 g/mol. The van der Waals surface area contributed by atoms with Crippen LogP contribution in [0.4, 0.5) is 0 Å². The number of carboxylic acid groups (broad SMARTS) is 1. The molecule has 3 aromatic rings. The number of β-amino-alcohol motifs (C(OH)–C–C–N with tert-alkyl or cyclic N) is 1. The Morgan fingerprint density at radius 3 is 2.29 bits per heavy atom. The molecule has 4 rings (SSSR count). The number of sulfonamides is 1. The first kappa shape index (κ1) is 30.9. The summed E-state index contributed by atoms with van der Waals surface area (Å²) < 4.78 is 28.0. The standard InChI is InChI=1S/C33H42N2O5S/c1-23-17-29(14-15-30(23)31-12-8-7-9-25(31)13-16-32(37)38)41(39,40)35(4)22-28(36)21-34-33(2,3)20-24-18-26-10-5-6-11-27(26)19-24/h5-12,14-15,17,24,28,34,36H,13,16,18-22H2,1-4H3,(H,37,38). The predicted octanol–water partition coefficient (Wildman–Crippen LogP) is 4.83. The van der Waals surface area contributed by atoms with Crippen molar-refractivity contribution in [2.75, 3.05) is 20.1 Å². The number of nitrogens with zero attached hydrogens (tertiary/aromatic N) is 1. The quantitative estimate of drug-likeness (QED) is 0.268. The minimum atomic E-state index is -3.82. The maximum absolute atomic E-state index is 13.4. The van der Waals surface area contributed by atoms with E-state index in [0.29, 0.717) is 12.3 Å². The number of carbonyl (C=O) groups is 1. The van der Waals surface area contributed by atoms with Gasteiger partial charge in [-0.1, -0.05) is 54.6 Å². The van der Waals surface area contributed by atoms with Crippen molar-refractivity contribution in [1.29, 1.82) is 0 Å². The number of hydrogen-bond donors (Lipinski definition) is 3. The van der Waals surface area contributed by atoms with Gasteiger partial charge in [-0.05, 0) is 97.9 Å². The molecule has 0 heterocycles. The molecule has 0 fully saturated rings. The second-order valence-electron chi connectivity index (χ2n) is 12.0.